The molecule has 1 aromatic heterocycles. The maximum Gasteiger partial charge on any atom is 0.124 e. The minimum Gasteiger partial charge on any atom is -0.264 e. The number of nitrogens with zero attached hydrogens (tertiary/aromatic N) is 1. The number of rotatable bonds is 1. The number of hydrogen-bond acceptors (Lipinski definition) is 2. The molecule has 3 heteroatoms. The normalized spacial score (nSPS) is 10.1. The van der Waals surface area contributed by atoms with E-state index < -0.39 is 0 Å². The van der Waals surface area contributed by atoms with Crippen LogP contribution in [0.3, 0.4) is 0 Å². The van der Waals surface area contributed by atoms with Crippen molar-refractivity contribution in [2.75, 3.05) is 0 Å². The Hall–Kier alpha value is -1.35. The lowest BCUT2D eigenvalue weighted by molar-refractivity contribution is 0.625. The van der Waals surface area contributed by atoms with Crippen molar-refractivity contribution < 1.29 is 4.39 Å². The molecule has 0 bridgehead atoms. The second kappa shape index (κ2) is 3.80. The number of hydrogen-bond donors (Lipinski definition) is 1. The summed E-state index contributed by atoms with van der Waals surface area (Å²) in [5.74, 6) is -0.281. The monoisotopic (exact) mass is 205 g/mol. The smallest absolute Gasteiger partial charge is 0.124 e. The molecule has 0 saturated heterocycles. The van der Waals surface area contributed by atoms with Gasteiger partial charge in [-0.1, -0.05) is 6.07 Å². The topological polar surface area (TPSA) is 12.9 Å². The fourth-order valence-electron chi connectivity index (χ4n) is 1.27. The van der Waals surface area contributed by atoms with Gasteiger partial charge in [0.2, 0.25) is 0 Å². The SMILES string of the molecule is Fc1cc(S)cc(-c2cccnc2)c1. The van der Waals surface area contributed by atoms with Crippen molar-refractivity contribution in [3.8, 4) is 11.1 Å². The van der Waals surface area contributed by atoms with Crippen LogP contribution < -0.4 is 0 Å². The van der Waals surface area contributed by atoms with E-state index in [1.165, 1.54) is 12.1 Å². The molecule has 0 N–H and O–H groups in total. The van der Waals surface area contributed by atoms with Gasteiger partial charge in [0.15, 0.2) is 0 Å². The van der Waals surface area contributed by atoms with Crippen molar-refractivity contribution in [2.45, 2.75) is 4.90 Å². The Morgan fingerprint density at radius 3 is 2.64 bits per heavy atom. The van der Waals surface area contributed by atoms with E-state index in [-0.39, 0.29) is 5.82 Å². The van der Waals surface area contributed by atoms with Crippen molar-refractivity contribution >= 4 is 12.6 Å². The maximum absolute atomic E-state index is 13.0. The van der Waals surface area contributed by atoms with Crippen molar-refractivity contribution in [2.24, 2.45) is 0 Å². The standard InChI is InChI=1S/C11H8FNS/c12-10-4-9(5-11(14)6-10)8-2-1-3-13-7-8/h1-7,14H. The average molecular weight is 205 g/mol. The van der Waals surface area contributed by atoms with Crippen molar-refractivity contribution in [3.05, 3.63) is 48.5 Å². The molecule has 0 unspecified atom stereocenters. The highest BCUT2D eigenvalue weighted by atomic mass is 32.1. The van der Waals surface area contributed by atoms with Gasteiger partial charge in [0.1, 0.15) is 5.82 Å². The van der Waals surface area contributed by atoms with Gasteiger partial charge in [0, 0.05) is 22.9 Å². The lowest BCUT2D eigenvalue weighted by Crippen LogP contribution is -1.82. The van der Waals surface area contributed by atoms with Gasteiger partial charge in [-0.3, -0.25) is 4.98 Å². The molecule has 70 valence electrons. The Morgan fingerprint density at radius 2 is 2.00 bits per heavy atom. The minimum atomic E-state index is -0.281. The van der Waals surface area contributed by atoms with Gasteiger partial charge in [-0.25, -0.2) is 4.39 Å². The van der Waals surface area contributed by atoms with Crippen LogP contribution >= 0.6 is 12.6 Å². The maximum atomic E-state index is 13.0. The third-order valence-corrected chi connectivity index (χ3v) is 2.14. The van der Waals surface area contributed by atoms with Gasteiger partial charge in [0.05, 0.1) is 0 Å². The predicted molar refractivity (Wildman–Crippen MR) is 56.9 cm³/mol. The molecule has 2 rings (SSSR count). The Morgan fingerprint density at radius 1 is 1.14 bits per heavy atom. The first-order chi connectivity index (χ1) is 6.75. The van der Waals surface area contributed by atoms with E-state index in [0.29, 0.717) is 4.90 Å². The number of halogens is 1. The molecule has 0 aliphatic carbocycles. The fourth-order valence-corrected chi connectivity index (χ4v) is 1.54. The Labute approximate surface area is 87.0 Å². The summed E-state index contributed by atoms with van der Waals surface area (Å²) in [5.41, 5.74) is 1.69. The Kier molecular flexibility index (Phi) is 2.50. The van der Waals surface area contributed by atoms with E-state index in [9.17, 15) is 4.39 Å². The number of benzene rings is 1. The van der Waals surface area contributed by atoms with E-state index in [1.807, 2.05) is 18.2 Å². The van der Waals surface area contributed by atoms with E-state index in [2.05, 4.69) is 17.6 Å². The first kappa shape index (κ1) is 9.21. The quantitative estimate of drug-likeness (QED) is 0.705. The fraction of sp³-hybridized carbons (Fsp3) is 0. The minimum absolute atomic E-state index is 0.281. The molecule has 0 saturated carbocycles. The van der Waals surface area contributed by atoms with Gasteiger partial charge >= 0.3 is 0 Å². The molecule has 1 nitrogen and oxygen atoms in total. The van der Waals surface area contributed by atoms with Crippen LogP contribution in [0.4, 0.5) is 4.39 Å². The van der Waals surface area contributed by atoms with E-state index in [0.717, 1.165) is 11.1 Å². The highest BCUT2D eigenvalue weighted by Gasteiger charge is 2.00. The molecular formula is C11H8FNS. The highest BCUT2D eigenvalue weighted by Crippen LogP contribution is 2.22. The molecule has 0 amide bonds. The summed E-state index contributed by atoms with van der Waals surface area (Å²) in [6.45, 7) is 0. The zero-order valence-electron chi connectivity index (χ0n) is 7.31. The van der Waals surface area contributed by atoms with Crippen LogP contribution in [0.1, 0.15) is 0 Å². The summed E-state index contributed by atoms with van der Waals surface area (Å²) in [4.78, 5) is 4.59. The highest BCUT2D eigenvalue weighted by molar-refractivity contribution is 7.80. The molecule has 0 aliphatic rings. The van der Waals surface area contributed by atoms with Crippen LogP contribution in [0.5, 0.6) is 0 Å². The summed E-state index contributed by atoms with van der Waals surface area (Å²) < 4.78 is 13.0. The van der Waals surface area contributed by atoms with Gasteiger partial charge in [-0.15, -0.1) is 12.6 Å². The van der Waals surface area contributed by atoms with Gasteiger partial charge in [0.25, 0.3) is 0 Å². The Bertz CT molecular complexity index is 422. The lowest BCUT2D eigenvalue weighted by Gasteiger charge is -2.01. The summed E-state index contributed by atoms with van der Waals surface area (Å²) in [5, 5.41) is 0. The van der Waals surface area contributed by atoms with Crippen LogP contribution in [-0.4, -0.2) is 4.98 Å². The average Bonchev–Trinajstić information content (AvgIpc) is 2.18. The molecular weight excluding hydrogens is 197 g/mol. The third-order valence-electron chi connectivity index (χ3n) is 1.88. The zero-order chi connectivity index (χ0) is 9.97. The van der Waals surface area contributed by atoms with Gasteiger partial charge < -0.3 is 0 Å². The number of pyridine rings is 1. The molecule has 0 radical (unpaired) electrons. The van der Waals surface area contributed by atoms with Crippen LogP contribution in [-0.2, 0) is 0 Å². The molecule has 2 aromatic rings. The third kappa shape index (κ3) is 1.93. The van der Waals surface area contributed by atoms with Crippen LogP contribution in [0.25, 0.3) is 11.1 Å². The molecule has 1 aromatic carbocycles. The van der Waals surface area contributed by atoms with Crippen LogP contribution in [0, 0.1) is 5.82 Å². The molecule has 1 heterocycles. The van der Waals surface area contributed by atoms with Crippen LogP contribution in [0.2, 0.25) is 0 Å². The van der Waals surface area contributed by atoms with Crippen molar-refractivity contribution in [3.63, 3.8) is 0 Å². The first-order valence-electron chi connectivity index (χ1n) is 4.16. The summed E-state index contributed by atoms with van der Waals surface area (Å²) in [6, 6.07) is 8.36. The molecule has 14 heavy (non-hydrogen) atoms. The number of aromatic nitrogens is 1. The van der Waals surface area contributed by atoms with E-state index in [4.69, 9.17) is 0 Å². The largest absolute Gasteiger partial charge is 0.264 e. The number of thiol groups is 1. The summed E-state index contributed by atoms with van der Waals surface area (Å²) in [6.07, 6.45) is 3.38. The summed E-state index contributed by atoms with van der Waals surface area (Å²) >= 11 is 4.11. The Balaban J connectivity index is 2.52. The van der Waals surface area contributed by atoms with Crippen molar-refractivity contribution in [1.82, 2.24) is 4.98 Å². The predicted octanol–water partition coefficient (Wildman–Crippen LogP) is 3.18. The second-order valence-corrected chi connectivity index (χ2v) is 3.46. The van der Waals surface area contributed by atoms with E-state index >= 15 is 0 Å². The molecule has 0 fully saturated rings. The van der Waals surface area contributed by atoms with Crippen LogP contribution in [0.15, 0.2) is 47.6 Å². The van der Waals surface area contributed by atoms with Gasteiger partial charge in [-0.2, -0.15) is 0 Å². The first-order valence-corrected chi connectivity index (χ1v) is 4.60. The van der Waals surface area contributed by atoms with E-state index in [1.54, 1.807) is 12.4 Å². The zero-order valence-corrected chi connectivity index (χ0v) is 8.21. The molecule has 0 aliphatic heterocycles. The summed E-state index contributed by atoms with van der Waals surface area (Å²) in [7, 11) is 0. The second-order valence-electron chi connectivity index (χ2n) is 2.94. The lowest BCUT2D eigenvalue weighted by atomic mass is 10.1. The molecule has 0 spiro atoms. The van der Waals surface area contributed by atoms with Crippen molar-refractivity contribution in [1.29, 1.82) is 0 Å². The van der Waals surface area contributed by atoms with Gasteiger partial charge in [-0.05, 0) is 29.8 Å². The molecule has 0 atom stereocenters.